The van der Waals surface area contributed by atoms with E-state index in [1.165, 1.54) is 10.6 Å². The van der Waals surface area contributed by atoms with E-state index in [9.17, 15) is 13.2 Å². The van der Waals surface area contributed by atoms with Gasteiger partial charge in [-0.15, -0.1) is 0 Å². The van der Waals surface area contributed by atoms with Gasteiger partial charge in [0.2, 0.25) is 15.9 Å². The van der Waals surface area contributed by atoms with Crippen molar-refractivity contribution in [3.8, 4) is 0 Å². The number of hydrogen-bond donors (Lipinski definition) is 1. The first kappa shape index (κ1) is 21.0. The maximum atomic E-state index is 12.3. The average Bonchev–Trinajstić information content (AvgIpc) is 2.56. The third kappa shape index (κ3) is 5.57. The number of nitrogens with one attached hydrogen (secondary N) is 1. The highest BCUT2D eigenvalue weighted by atomic mass is 32.2. The third-order valence-electron chi connectivity index (χ3n) is 4.67. The Morgan fingerprint density at radius 2 is 1.74 bits per heavy atom. The fourth-order valence-corrected chi connectivity index (χ4v) is 4.04. The van der Waals surface area contributed by atoms with Gasteiger partial charge in [0.1, 0.15) is 0 Å². The molecule has 0 saturated heterocycles. The number of sulfonamides is 1. The largest absolute Gasteiger partial charge is 0.326 e. The average molecular weight is 389 g/mol. The molecule has 1 amide bonds. The molecule has 0 atom stereocenters. The van der Waals surface area contributed by atoms with Crippen molar-refractivity contribution in [2.75, 3.05) is 22.4 Å². The highest BCUT2D eigenvalue weighted by molar-refractivity contribution is 7.92. The van der Waals surface area contributed by atoms with Crippen molar-refractivity contribution < 1.29 is 13.2 Å². The summed E-state index contributed by atoms with van der Waals surface area (Å²) in [6.07, 6.45) is 1.89. The van der Waals surface area contributed by atoms with Crippen LogP contribution in [-0.2, 0) is 14.8 Å². The Labute approximate surface area is 162 Å². The first-order valence-corrected chi connectivity index (χ1v) is 10.9. The van der Waals surface area contributed by atoms with Crippen molar-refractivity contribution in [2.45, 2.75) is 40.5 Å². The van der Waals surface area contributed by atoms with Crippen LogP contribution < -0.4 is 9.62 Å². The predicted octanol–water partition coefficient (Wildman–Crippen LogP) is 4.11. The topological polar surface area (TPSA) is 66.5 Å². The molecular weight excluding hydrogens is 360 g/mol. The highest BCUT2D eigenvalue weighted by Crippen LogP contribution is 2.25. The first-order chi connectivity index (χ1) is 12.6. The number of amides is 1. The molecule has 2 aromatic carbocycles. The van der Waals surface area contributed by atoms with E-state index < -0.39 is 10.0 Å². The molecule has 0 aromatic heterocycles. The summed E-state index contributed by atoms with van der Waals surface area (Å²) in [5.74, 6) is -0.114. The number of nitrogens with zero attached hydrogens (tertiary/aromatic N) is 1. The molecule has 5 nitrogen and oxygen atoms in total. The van der Waals surface area contributed by atoms with Crippen LogP contribution in [0.2, 0.25) is 0 Å². The van der Waals surface area contributed by atoms with Gasteiger partial charge < -0.3 is 5.32 Å². The molecule has 1 N–H and O–H groups in total. The van der Waals surface area contributed by atoms with Crippen LogP contribution in [0, 0.1) is 27.7 Å². The Bertz CT molecular complexity index is 936. The second kappa shape index (κ2) is 8.57. The van der Waals surface area contributed by atoms with Gasteiger partial charge in [-0.1, -0.05) is 29.8 Å². The van der Waals surface area contributed by atoms with Gasteiger partial charge in [0.05, 0.1) is 11.9 Å². The fourth-order valence-electron chi connectivity index (χ4n) is 3.02. The van der Waals surface area contributed by atoms with Crippen molar-refractivity contribution in [1.82, 2.24) is 0 Å². The number of benzene rings is 2. The van der Waals surface area contributed by atoms with Crippen molar-refractivity contribution in [3.05, 3.63) is 58.7 Å². The highest BCUT2D eigenvalue weighted by Gasteiger charge is 2.20. The molecule has 0 radical (unpaired) electrons. The molecule has 6 heteroatoms. The SMILES string of the molecule is Cc1ccc(NC(=O)CCCN(c2cccc(C)c2C)S(C)(=O)=O)c(C)c1. The Morgan fingerprint density at radius 1 is 1.04 bits per heavy atom. The quantitative estimate of drug-likeness (QED) is 0.776. The van der Waals surface area contributed by atoms with E-state index in [0.717, 1.165) is 27.9 Å². The van der Waals surface area contributed by atoms with Crippen LogP contribution in [0.25, 0.3) is 0 Å². The van der Waals surface area contributed by atoms with Crippen LogP contribution in [0.1, 0.15) is 35.1 Å². The summed E-state index contributed by atoms with van der Waals surface area (Å²) in [5.41, 5.74) is 5.59. The number of anilines is 2. The van der Waals surface area contributed by atoms with Crippen molar-refractivity contribution in [1.29, 1.82) is 0 Å². The second-order valence-corrected chi connectivity index (χ2v) is 8.93. The van der Waals surface area contributed by atoms with Crippen LogP contribution in [0.3, 0.4) is 0 Å². The number of rotatable bonds is 7. The number of hydrogen-bond acceptors (Lipinski definition) is 3. The van der Waals surface area contributed by atoms with E-state index in [1.807, 2.05) is 58.0 Å². The molecule has 27 heavy (non-hydrogen) atoms. The maximum Gasteiger partial charge on any atom is 0.232 e. The van der Waals surface area contributed by atoms with Gasteiger partial charge in [-0.05, 0) is 62.9 Å². The molecule has 0 unspecified atom stereocenters. The molecule has 0 saturated carbocycles. The first-order valence-electron chi connectivity index (χ1n) is 9.00. The van der Waals surface area contributed by atoms with Crippen molar-refractivity contribution in [3.63, 3.8) is 0 Å². The molecule has 0 heterocycles. The summed E-state index contributed by atoms with van der Waals surface area (Å²) in [6, 6.07) is 11.5. The predicted molar refractivity (Wildman–Crippen MR) is 112 cm³/mol. The van der Waals surface area contributed by atoms with Gasteiger partial charge in [-0.2, -0.15) is 0 Å². The van der Waals surface area contributed by atoms with E-state index in [1.54, 1.807) is 6.07 Å². The van der Waals surface area contributed by atoms with E-state index in [-0.39, 0.29) is 18.9 Å². The summed E-state index contributed by atoms with van der Waals surface area (Å²) in [4.78, 5) is 12.3. The smallest absolute Gasteiger partial charge is 0.232 e. The molecule has 2 aromatic rings. The van der Waals surface area contributed by atoms with E-state index >= 15 is 0 Å². The van der Waals surface area contributed by atoms with Crippen LogP contribution in [0.4, 0.5) is 11.4 Å². The van der Waals surface area contributed by atoms with Crippen LogP contribution in [0.5, 0.6) is 0 Å². The minimum Gasteiger partial charge on any atom is -0.326 e. The van der Waals surface area contributed by atoms with Gasteiger partial charge >= 0.3 is 0 Å². The molecule has 0 aliphatic heterocycles. The minimum absolute atomic E-state index is 0.114. The van der Waals surface area contributed by atoms with Gasteiger partial charge in [-0.3, -0.25) is 9.10 Å². The molecule has 0 fully saturated rings. The van der Waals surface area contributed by atoms with Crippen LogP contribution in [0.15, 0.2) is 36.4 Å². The van der Waals surface area contributed by atoms with Crippen LogP contribution >= 0.6 is 0 Å². The lowest BCUT2D eigenvalue weighted by molar-refractivity contribution is -0.116. The zero-order valence-electron chi connectivity index (χ0n) is 16.7. The molecule has 0 spiro atoms. The number of aryl methyl sites for hydroxylation is 3. The van der Waals surface area contributed by atoms with Crippen molar-refractivity contribution in [2.24, 2.45) is 0 Å². The van der Waals surface area contributed by atoms with Gasteiger partial charge in [0.15, 0.2) is 0 Å². The van der Waals surface area contributed by atoms with E-state index in [2.05, 4.69) is 5.32 Å². The third-order valence-corrected chi connectivity index (χ3v) is 5.85. The summed E-state index contributed by atoms with van der Waals surface area (Å²) in [7, 11) is -3.42. The van der Waals surface area contributed by atoms with Crippen molar-refractivity contribution >= 4 is 27.3 Å². The molecular formula is C21H28N2O3S. The lowest BCUT2D eigenvalue weighted by Crippen LogP contribution is -2.32. The van der Waals surface area contributed by atoms with Crippen LogP contribution in [-0.4, -0.2) is 27.1 Å². The Morgan fingerprint density at radius 3 is 2.37 bits per heavy atom. The lowest BCUT2D eigenvalue weighted by atomic mass is 10.1. The molecule has 0 aliphatic rings. The lowest BCUT2D eigenvalue weighted by Gasteiger charge is -2.25. The Kier molecular flexibility index (Phi) is 6.65. The van der Waals surface area contributed by atoms with E-state index in [4.69, 9.17) is 0 Å². The summed E-state index contributed by atoms with van der Waals surface area (Å²) < 4.78 is 25.9. The zero-order chi connectivity index (χ0) is 20.2. The zero-order valence-corrected chi connectivity index (χ0v) is 17.5. The fraction of sp³-hybridized carbons (Fsp3) is 0.381. The van der Waals surface area contributed by atoms with Gasteiger partial charge in [0, 0.05) is 18.7 Å². The van der Waals surface area contributed by atoms with E-state index in [0.29, 0.717) is 12.1 Å². The number of carbonyl (C=O) groups is 1. The normalized spacial score (nSPS) is 11.3. The van der Waals surface area contributed by atoms with Gasteiger partial charge in [0.25, 0.3) is 0 Å². The van der Waals surface area contributed by atoms with Gasteiger partial charge in [-0.25, -0.2) is 8.42 Å². The molecule has 2 rings (SSSR count). The Hall–Kier alpha value is -2.34. The summed E-state index contributed by atoms with van der Waals surface area (Å²) in [6.45, 7) is 8.09. The minimum atomic E-state index is -3.42. The monoisotopic (exact) mass is 388 g/mol. The summed E-state index contributed by atoms with van der Waals surface area (Å²) >= 11 is 0. The Balaban J connectivity index is 2.03. The maximum absolute atomic E-state index is 12.3. The standard InChI is InChI=1S/C21H28N2O3S/c1-15-11-12-19(17(3)14-15)22-21(24)10-7-13-23(27(5,25)26)20-9-6-8-16(2)18(20)4/h6,8-9,11-12,14H,7,10,13H2,1-5H3,(H,22,24). The molecule has 0 aliphatic carbocycles. The second-order valence-electron chi connectivity index (χ2n) is 7.02. The molecule has 0 bridgehead atoms. The number of carbonyl (C=O) groups excluding carboxylic acids is 1. The summed E-state index contributed by atoms with van der Waals surface area (Å²) in [5, 5.41) is 2.90. The molecule has 146 valence electrons.